The molecule has 0 saturated carbocycles. The number of alkyl halides is 1. The number of H-pyrrole nitrogens is 1. The molecule has 5 heteroatoms. The van der Waals surface area contributed by atoms with Gasteiger partial charge in [0.1, 0.15) is 5.88 Å². The number of nitrogens with one attached hydrogen (secondary N) is 1. The van der Waals surface area contributed by atoms with E-state index in [1.54, 1.807) is 12.4 Å². The van der Waals surface area contributed by atoms with Crippen LogP contribution in [-0.4, -0.2) is 21.8 Å². The van der Waals surface area contributed by atoms with E-state index < -0.39 is 0 Å². The quantitative estimate of drug-likeness (QED) is 0.845. The molecule has 0 aliphatic rings. The van der Waals surface area contributed by atoms with Crippen molar-refractivity contribution in [2.75, 3.05) is 10.8 Å². The molecule has 88 valence electrons. The van der Waals surface area contributed by atoms with Crippen LogP contribution in [0.5, 0.6) is 0 Å². The second-order valence-corrected chi connectivity index (χ2v) is 3.78. The average molecular weight is 250 g/mol. The van der Waals surface area contributed by atoms with Crippen LogP contribution < -0.4 is 4.90 Å². The summed E-state index contributed by atoms with van der Waals surface area (Å²) in [5.41, 5.74) is 1.03. The number of aromatic amines is 1. The summed E-state index contributed by atoms with van der Waals surface area (Å²) in [6, 6.07) is 9.71. The highest BCUT2D eigenvalue weighted by atomic mass is 35.5. The predicted octanol–water partition coefficient (Wildman–Crippen LogP) is 2.18. The smallest absolute Gasteiger partial charge is 0.244 e. The van der Waals surface area contributed by atoms with Crippen LogP contribution in [0.25, 0.3) is 0 Å². The minimum Gasteiger partial charge on any atom is -0.331 e. The Morgan fingerprint density at radius 1 is 1.35 bits per heavy atom. The molecular weight excluding hydrogens is 238 g/mol. The first-order valence-electron chi connectivity index (χ1n) is 5.21. The molecule has 0 saturated heterocycles. The Kier molecular flexibility index (Phi) is 3.77. The van der Waals surface area contributed by atoms with E-state index in [2.05, 4.69) is 9.97 Å². The van der Waals surface area contributed by atoms with E-state index in [1.807, 2.05) is 30.3 Å². The second-order valence-electron chi connectivity index (χ2n) is 3.51. The van der Waals surface area contributed by atoms with Crippen LogP contribution in [0.1, 0.15) is 5.56 Å². The highest BCUT2D eigenvalue weighted by Gasteiger charge is 2.16. The van der Waals surface area contributed by atoms with Crippen molar-refractivity contribution >= 4 is 23.5 Å². The summed E-state index contributed by atoms with van der Waals surface area (Å²) in [5.74, 6) is 0.276. The molecule has 1 aromatic carbocycles. The number of anilines is 1. The lowest BCUT2D eigenvalue weighted by Crippen LogP contribution is -2.32. The van der Waals surface area contributed by atoms with Crippen molar-refractivity contribution in [3.63, 3.8) is 0 Å². The largest absolute Gasteiger partial charge is 0.331 e. The molecule has 0 aliphatic carbocycles. The Balaban J connectivity index is 2.20. The van der Waals surface area contributed by atoms with Crippen LogP contribution in [0, 0.1) is 0 Å². The summed E-state index contributed by atoms with van der Waals surface area (Å²) in [4.78, 5) is 20.3. The van der Waals surface area contributed by atoms with Crippen molar-refractivity contribution in [3.05, 3.63) is 48.3 Å². The first-order valence-corrected chi connectivity index (χ1v) is 5.74. The number of nitrogens with zero attached hydrogens (tertiary/aromatic N) is 2. The number of carbonyl (C=O) groups excluding carboxylic acids is 1. The summed E-state index contributed by atoms with van der Waals surface area (Å²) >= 11 is 5.60. The molecule has 0 atom stereocenters. The van der Waals surface area contributed by atoms with Gasteiger partial charge in [-0.2, -0.15) is 0 Å². The molecule has 0 fully saturated rings. The zero-order valence-corrected chi connectivity index (χ0v) is 9.89. The summed E-state index contributed by atoms with van der Waals surface area (Å²) in [6.07, 6.45) is 3.28. The number of hydrogen-bond donors (Lipinski definition) is 1. The Morgan fingerprint density at radius 2 is 2.12 bits per heavy atom. The SMILES string of the molecule is O=C(CCl)N(Cc1ccccc1)c1ncc[nH]1. The molecule has 1 amide bonds. The average Bonchev–Trinajstić information content (AvgIpc) is 2.90. The van der Waals surface area contributed by atoms with Gasteiger partial charge < -0.3 is 4.98 Å². The van der Waals surface area contributed by atoms with Gasteiger partial charge >= 0.3 is 0 Å². The van der Waals surface area contributed by atoms with Gasteiger partial charge in [-0.05, 0) is 5.56 Å². The van der Waals surface area contributed by atoms with Crippen LogP contribution >= 0.6 is 11.6 Å². The van der Waals surface area contributed by atoms with Gasteiger partial charge in [0, 0.05) is 12.4 Å². The first-order chi connectivity index (χ1) is 8.31. The first kappa shape index (κ1) is 11.7. The molecule has 0 aliphatic heterocycles. The lowest BCUT2D eigenvalue weighted by molar-refractivity contribution is -0.116. The van der Waals surface area contributed by atoms with Crippen LogP contribution in [-0.2, 0) is 11.3 Å². The van der Waals surface area contributed by atoms with Gasteiger partial charge in [0.25, 0.3) is 0 Å². The van der Waals surface area contributed by atoms with Gasteiger partial charge in [-0.1, -0.05) is 30.3 Å². The third kappa shape index (κ3) is 2.85. The third-order valence-electron chi connectivity index (χ3n) is 2.34. The number of aromatic nitrogens is 2. The number of halogens is 1. The number of hydrogen-bond acceptors (Lipinski definition) is 2. The topological polar surface area (TPSA) is 49.0 Å². The summed E-state index contributed by atoms with van der Waals surface area (Å²) in [7, 11) is 0. The molecular formula is C12H12ClN3O. The van der Waals surface area contributed by atoms with Crippen molar-refractivity contribution in [3.8, 4) is 0 Å². The van der Waals surface area contributed by atoms with Gasteiger partial charge in [-0.3, -0.25) is 9.69 Å². The van der Waals surface area contributed by atoms with E-state index in [4.69, 9.17) is 11.6 Å². The summed E-state index contributed by atoms with van der Waals surface area (Å²) < 4.78 is 0. The minimum atomic E-state index is -0.175. The van der Waals surface area contributed by atoms with Crippen LogP contribution in [0.3, 0.4) is 0 Å². The lowest BCUT2D eigenvalue weighted by atomic mass is 10.2. The zero-order chi connectivity index (χ0) is 12.1. The zero-order valence-electron chi connectivity index (χ0n) is 9.14. The molecule has 0 radical (unpaired) electrons. The van der Waals surface area contributed by atoms with Crippen LogP contribution in [0.4, 0.5) is 5.95 Å². The van der Waals surface area contributed by atoms with Crippen molar-refractivity contribution in [1.82, 2.24) is 9.97 Å². The third-order valence-corrected chi connectivity index (χ3v) is 2.57. The Labute approximate surface area is 104 Å². The molecule has 0 bridgehead atoms. The van der Waals surface area contributed by atoms with Gasteiger partial charge in [0.2, 0.25) is 11.9 Å². The minimum absolute atomic E-state index is 0.0620. The molecule has 2 aromatic rings. The van der Waals surface area contributed by atoms with E-state index in [0.717, 1.165) is 5.56 Å². The fourth-order valence-electron chi connectivity index (χ4n) is 1.52. The summed E-state index contributed by atoms with van der Waals surface area (Å²) in [5, 5.41) is 0. The molecule has 1 heterocycles. The fourth-order valence-corrected chi connectivity index (χ4v) is 1.67. The van der Waals surface area contributed by atoms with E-state index in [9.17, 15) is 4.79 Å². The van der Waals surface area contributed by atoms with Crippen molar-refractivity contribution in [2.45, 2.75) is 6.54 Å². The molecule has 2 rings (SSSR count). The predicted molar refractivity (Wildman–Crippen MR) is 66.9 cm³/mol. The van der Waals surface area contributed by atoms with Crippen molar-refractivity contribution < 1.29 is 4.79 Å². The fraction of sp³-hybridized carbons (Fsp3) is 0.167. The Hall–Kier alpha value is -1.81. The standard InChI is InChI=1S/C12H12ClN3O/c13-8-11(17)16(12-14-6-7-15-12)9-10-4-2-1-3-5-10/h1-7H,8-9H2,(H,14,15). The Morgan fingerprint density at radius 3 is 2.71 bits per heavy atom. The number of carbonyl (C=O) groups is 1. The van der Waals surface area contributed by atoms with E-state index in [0.29, 0.717) is 12.5 Å². The summed E-state index contributed by atoms with van der Waals surface area (Å²) in [6.45, 7) is 0.458. The highest BCUT2D eigenvalue weighted by Crippen LogP contribution is 2.12. The molecule has 1 aromatic heterocycles. The van der Waals surface area contributed by atoms with Gasteiger partial charge in [0.05, 0.1) is 6.54 Å². The van der Waals surface area contributed by atoms with E-state index >= 15 is 0 Å². The number of amides is 1. The second kappa shape index (κ2) is 5.50. The van der Waals surface area contributed by atoms with Crippen LogP contribution in [0.15, 0.2) is 42.7 Å². The molecule has 17 heavy (non-hydrogen) atoms. The van der Waals surface area contributed by atoms with E-state index in [1.165, 1.54) is 4.90 Å². The maximum atomic E-state index is 11.7. The van der Waals surface area contributed by atoms with Crippen LogP contribution in [0.2, 0.25) is 0 Å². The lowest BCUT2D eigenvalue weighted by Gasteiger charge is -2.18. The van der Waals surface area contributed by atoms with Gasteiger partial charge in [0.15, 0.2) is 0 Å². The molecule has 0 unspecified atom stereocenters. The highest BCUT2D eigenvalue weighted by molar-refractivity contribution is 6.29. The van der Waals surface area contributed by atoms with Crippen molar-refractivity contribution in [2.24, 2.45) is 0 Å². The molecule has 4 nitrogen and oxygen atoms in total. The van der Waals surface area contributed by atoms with Gasteiger partial charge in [-0.25, -0.2) is 4.98 Å². The Bertz CT molecular complexity index is 470. The molecule has 0 spiro atoms. The number of benzene rings is 1. The number of rotatable bonds is 4. The normalized spacial score (nSPS) is 10.2. The number of imidazole rings is 1. The molecule has 1 N–H and O–H groups in total. The monoisotopic (exact) mass is 249 g/mol. The van der Waals surface area contributed by atoms with E-state index in [-0.39, 0.29) is 11.8 Å². The van der Waals surface area contributed by atoms with Gasteiger partial charge in [-0.15, -0.1) is 11.6 Å². The van der Waals surface area contributed by atoms with Crippen molar-refractivity contribution in [1.29, 1.82) is 0 Å². The maximum absolute atomic E-state index is 11.7. The maximum Gasteiger partial charge on any atom is 0.244 e.